The molecule has 0 atom stereocenters. The summed E-state index contributed by atoms with van der Waals surface area (Å²) in [5, 5.41) is 0. The van der Waals surface area contributed by atoms with Crippen LogP contribution in [0.1, 0.15) is 196 Å². The van der Waals surface area contributed by atoms with Gasteiger partial charge in [0, 0.05) is 70.9 Å². The van der Waals surface area contributed by atoms with Gasteiger partial charge in [0.2, 0.25) is 0 Å². The third-order valence-corrected chi connectivity index (χ3v) is 26.8. The zero-order valence-corrected chi connectivity index (χ0v) is 47.6. The molecular weight excluding hydrogens is 853 g/mol. The molecule has 0 saturated carbocycles. The lowest BCUT2D eigenvalue weighted by Crippen LogP contribution is -2.43. The summed E-state index contributed by atoms with van der Waals surface area (Å²) < 4.78 is 0. The second-order valence-corrected chi connectivity index (χ2v) is 31.9. The molecule has 0 amide bonds. The summed E-state index contributed by atoms with van der Waals surface area (Å²) in [6.07, 6.45) is 9.39. The minimum absolute atomic E-state index is 0.555. The van der Waals surface area contributed by atoms with Crippen LogP contribution in [0.2, 0.25) is 33.2 Å². The highest BCUT2D eigenvalue weighted by Gasteiger charge is 2.42. The maximum absolute atomic E-state index is 3.97. The third-order valence-electron chi connectivity index (χ3n) is 14.2. The molecule has 68 heavy (non-hydrogen) atoms. The molecule has 0 heterocycles. The first-order chi connectivity index (χ1) is 32.5. The summed E-state index contributed by atoms with van der Waals surface area (Å²) in [6, 6.07) is 21.4. The molecule has 0 unspecified atom stereocenters. The summed E-state index contributed by atoms with van der Waals surface area (Å²) in [6.45, 7) is 41.8. The maximum Gasteiger partial charge on any atom is 0.146 e. The summed E-state index contributed by atoms with van der Waals surface area (Å²) in [5.41, 5.74) is 19.4. The normalized spacial score (nSPS) is 11.1. The Hall–Kier alpha value is -4.95. The fourth-order valence-electron chi connectivity index (χ4n) is 10.3. The summed E-state index contributed by atoms with van der Waals surface area (Å²) in [5.74, 6) is 33.6. The van der Waals surface area contributed by atoms with E-state index in [0.29, 0.717) is 33.2 Å². The summed E-state index contributed by atoms with van der Waals surface area (Å²) >= 11 is 0. The lowest BCUT2D eigenvalue weighted by atomic mass is 10.1. The van der Waals surface area contributed by atoms with E-state index < -0.39 is 16.1 Å². The molecule has 0 aliphatic rings. The fraction of sp³-hybridized carbons (Fsp3) is 0.531. The number of hydrogen-bond donors (Lipinski definition) is 0. The van der Waals surface area contributed by atoms with Crippen molar-refractivity contribution in [3.8, 4) is 70.3 Å². The van der Waals surface area contributed by atoms with Gasteiger partial charge in [0.15, 0.2) is 0 Å². The molecule has 0 aromatic heterocycles. The van der Waals surface area contributed by atoms with E-state index in [9.17, 15) is 0 Å². The Balaban J connectivity index is 2.06. The lowest BCUT2D eigenvalue weighted by molar-refractivity contribution is 0.678. The zero-order chi connectivity index (χ0) is 50.3. The average molecular weight is 942 g/mol. The molecule has 362 valence electrons. The Morgan fingerprint density at radius 3 is 0.971 bits per heavy atom. The van der Waals surface area contributed by atoms with Gasteiger partial charge in [0.25, 0.3) is 0 Å². The predicted octanol–water partition coefficient (Wildman–Crippen LogP) is 16.4. The van der Waals surface area contributed by atoms with Crippen molar-refractivity contribution in [3.05, 3.63) is 94.0 Å². The van der Waals surface area contributed by atoms with Crippen LogP contribution in [0.4, 0.5) is 11.4 Å². The third kappa shape index (κ3) is 16.1. The van der Waals surface area contributed by atoms with E-state index in [1.807, 2.05) is 24.3 Å². The number of benzene rings is 3. The van der Waals surface area contributed by atoms with Gasteiger partial charge in [-0.2, -0.15) is 0 Å². The van der Waals surface area contributed by atoms with Crippen LogP contribution in [0.3, 0.4) is 0 Å². The molecule has 0 saturated heterocycles. The topological polar surface area (TPSA) is 6.48 Å². The van der Waals surface area contributed by atoms with E-state index in [-0.39, 0.29) is 0 Å². The first-order valence-electron chi connectivity index (χ1n) is 26.5. The van der Waals surface area contributed by atoms with Gasteiger partial charge in [0.1, 0.15) is 16.1 Å². The van der Waals surface area contributed by atoms with E-state index in [0.717, 1.165) is 59.6 Å². The van der Waals surface area contributed by atoms with Crippen LogP contribution >= 0.6 is 0 Å². The van der Waals surface area contributed by atoms with Crippen LogP contribution in [0.25, 0.3) is 0 Å². The molecule has 0 N–H and O–H groups in total. The van der Waals surface area contributed by atoms with E-state index in [1.54, 1.807) is 0 Å². The van der Waals surface area contributed by atoms with Crippen LogP contribution in [0.15, 0.2) is 60.7 Å². The van der Waals surface area contributed by atoms with Crippen LogP contribution < -0.4 is 9.80 Å². The number of unbranched alkanes of at least 4 members (excludes halogenated alkanes) is 4. The molecule has 2 nitrogen and oxygen atoms in total. The van der Waals surface area contributed by atoms with Gasteiger partial charge in [-0.1, -0.05) is 178 Å². The Kier molecular flexibility index (Phi) is 24.6. The first kappa shape index (κ1) is 57.4. The first-order valence-corrected chi connectivity index (χ1v) is 31.0. The Morgan fingerprint density at radius 1 is 0.368 bits per heavy atom. The largest absolute Gasteiger partial charge is 0.372 e. The lowest BCUT2D eigenvalue weighted by Gasteiger charge is -2.38. The van der Waals surface area contributed by atoms with Crippen LogP contribution in [-0.2, 0) is 0 Å². The van der Waals surface area contributed by atoms with Crippen LogP contribution in [0.5, 0.6) is 0 Å². The van der Waals surface area contributed by atoms with Crippen molar-refractivity contribution in [1.29, 1.82) is 0 Å². The molecule has 0 spiro atoms. The van der Waals surface area contributed by atoms with Gasteiger partial charge in [-0.05, 0) is 137 Å². The van der Waals surface area contributed by atoms with Crippen molar-refractivity contribution < 1.29 is 0 Å². The minimum atomic E-state index is -1.95. The predicted molar refractivity (Wildman–Crippen MR) is 307 cm³/mol. The van der Waals surface area contributed by atoms with Crippen molar-refractivity contribution in [3.63, 3.8) is 0 Å². The zero-order valence-electron chi connectivity index (χ0n) is 45.6. The Morgan fingerprint density at radius 2 is 0.676 bits per heavy atom. The quantitative estimate of drug-likeness (QED) is 0.0823. The van der Waals surface area contributed by atoms with Crippen molar-refractivity contribution in [1.82, 2.24) is 0 Å². The SMILES string of the molecule is CCCCN(CCCC)c1ccc(C#CC#Cc2cccc(C#CC#Cc3ccc(N(CCCC)CCCC)cc3C#C[Si](C(C)C)(C(C)C)C(C)C)c2)c(C#C[Si](C(C)C)(C(C)C)C(C)C)c1. The van der Waals surface area contributed by atoms with E-state index in [4.69, 9.17) is 0 Å². The molecule has 0 fully saturated rings. The monoisotopic (exact) mass is 941 g/mol. The van der Waals surface area contributed by atoms with Gasteiger partial charge < -0.3 is 9.80 Å². The van der Waals surface area contributed by atoms with E-state index in [2.05, 4.69) is 227 Å². The smallest absolute Gasteiger partial charge is 0.146 e. The molecule has 3 aromatic carbocycles. The molecule has 0 radical (unpaired) electrons. The second kappa shape index (κ2) is 29.2. The molecule has 0 aliphatic carbocycles. The van der Waals surface area contributed by atoms with E-state index in [1.165, 1.54) is 62.7 Å². The molecule has 3 aromatic rings. The van der Waals surface area contributed by atoms with Crippen molar-refractivity contribution in [2.75, 3.05) is 36.0 Å². The van der Waals surface area contributed by atoms with Gasteiger partial charge in [-0.15, -0.1) is 11.1 Å². The molecule has 0 aliphatic heterocycles. The molecular formula is C64H88N2Si2. The van der Waals surface area contributed by atoms with Crippen LogP contribution in [0, 0.1) is 70.3 Å². The van der Waals surface area contributed by atoms with E-state index >= 15 is 0 Å². The van der Waals surface area contributed by atoms with Crippen LogP contribution in [-0.4, -0.2) is 42.3 Å². The molecule has 0 bridgehead atoms. The fourth-order valence-corrected chi connectivity index (χ4v) is 20.7. The Bertz CT molecular complexity index is 2220. The van der Waals surface area contributed by atoms with Crippen molar-refractivity contribution >= 4 is 27.5 Å². The Labute approximate surface area is 421 Å². The van der Waals surface area contributed by atoms with Crippen molar-refractivity contribution in [2.24, 2.45) is 0 Å². The number of anilines is 2. The van der Waals surface area contributed by atoms with Gasteiger partial charge in [-0.3, -0.25) is 0 Å². The van der Waals surface area contributed by atoms with Gasteiger partial charge in [0.05, 0.1) is 0 Å². The molecule has 3 rings (SSSR count). The number of rotatable bonds is 20. The maximum atomic E-state index is 3.97. The van der Waals surface area contributed by atoms with Crippen molar-refractivity contribution in [2.45, 2.75) is 195 Å². The van der Waals surface area contributed by atoms with Gasteiger partial charge >= 0.3 is 0 Å². The number of nitrogens with zero attached hydrogens (tertiary/aromatic N) is 2. The minimum Gasteiger partial charge on any atom is -0.372 e. The number of hydrogen-bond acceptors (Lipinski definition) is 2. The standard InChI is InChI=1S/C64H88N2Si2/c1-17-21-42-65(43-22-18-2)63-38-36-59(61(49-63)40-46-67(51(5)6,52(7)8)53(9)10)34-27-25-30-57-32-29-33-58(48-57)31-26-28-35-60-37-39-64(66(44-23-19-3)45-24-20-4)50-62(60)41-47-68(54(11)12,55(13)14)56(15)16/h29,32-33,36-39,48-56H,17-24,42-45H2,1-16H3. The highest BCUT2D eigenvalue weighted by atomic mass is 28.3. The highest BCUT2D eigenvalue weighted by molar-refractivity contribution is 6.91. The highest BCUT2D eigenvalue weighted by Crippen LogP contribution is 2.42. The summed E-state index contributed by atoms with van der Waals surface area (Å²) in [7, 11) is -3.90. The molecule has 4 heteroatoms. The second-order valence-electron chi connectivity index (χ2n) is 20.7. The average Bonchev–Trinajstić information content (AvgIpc) is 3.29. The summed E-state index contributed by atoms with van der Waals surface area (Å²) in [4.78, 5) is 5.07. The van der Waals surface area contributed by atoms with Gasteiger partial charge in [-0.25, -0.2) is 0 Å².